The molecule has 0 bridgehead atoms. The Kier molecular flexibility index (Phi) is 3.20. The van der Waals surface area contributed by atoms with E-state index in [0.29, 0.717) is 17.0 Å². The predicted molar refractivity (Wildman–Crippen MR) is 62.7 cm³/mol. The maximum Gasteiger partial charge on any atom is 0.323 e. The largest absolute Gasteiger partial charge is 0.424 e. The second-order valence-electron chi connectivity index (χ2n) is 3.80. The molecule has 0 atom stereocenters. The van der Waals surface area contributed by atoms with E-state index in [0.717, 1.165) is 0 Å². The maximum absolute atomic E-state index is 13.1. The third kappa shape index (κ3) is 2.61. The van der Waals surface area contributed by atoms with Crippen molar-refractivity contribution in [1.29, 1.82) is 5.26 Å². The molecule has 0 saturated carbocycles. The summed E-state index contributed by atoms with van der Waals surface area (Å²) in [5, 5.41) is 8.79. The van der Waals surface area contributed by atoms with E-state index in [-0.39, 0.29) is 17.5 Å². The van der Waals surface area contributed by atoms with E-state index in [1.54, 1.807) is 26.0 Å². The van der Waals surface area contributed by atoms with Crippen molar-refractivity contribution in [3.63, 3.8) is 0 Å². The van der Waals surface area contributed by atoms with Crippen LogP contribution < -0.4 is 4.74 Å². The molecule has 0 saturated heterocycles. The highest BCUT2D eigenvalue weighted by Gasteiger charge is 2.06. The summed E-state index contributed by atoms with van der Waals surface area (Å²) in [6.07, 6.45) is 0. The van der Waals surface area contributed by atoms with E-state index < -0.39 is 0 Å². The quantitative estimate of drug-likeness (QED) is 0.813. The van der Waals surface area contributed by atoms with Gasteiger partial charge >= 0.3 is 6.01 Å². The van der Waals surface area contributed by atoms with E-state index in [2.05, 4.69) is 9.97 Å². The first kappa shape index (κ1) is 12.0. The number of benzene rings is 1. The summed E-state index contributed by atoms with van der Waals surface area (Å²) in [5.74, 6) is 0.133. The average molecular weight is 243 g/mol. The highest BCUT2D eigenvalue weighted by molar-refractivity contribution is 5.32. The Hall–Kier alpha value is -2.48. The van der Waals surface area contributed by atoms with Crippen LogP contribution >= 0.6 is 0 Å². The number of nitrogens with zero attached hydrogens (tertiary/aromatic N) is 3. The Labute approximate surface area is 104 Å². The second kappa shape index (κ2) is 4.80. The van der Waals surface area contributed by atoms with Crippen molar-refractivity contribution in [1.82, 2.24) is 9.97 Å². The van der Waals surface area contributed by atoms with Gasteiger partial charge in [-0.25, -0.2) is 9.37 Å². The van der Waals surface area contributed by atoms with E-state index in [1.165, 1.54) is 12.1 Å². The molecule has 1 aromatic carbocycles. The lowest BCUT2D eigenvalue weighted by molar-refractivity contribution is 0.438. The molecule has 0 aliphatic heterocycles. The molecule has 1 aromatic heterocycles. The fraction of sp³-hybridized carbons (Fsp3) is 0.154. The predicted octanol–water partition coefficient (Wildman–Crippen LogP) is 2.90. The molecular weight excluding hydrogens is 233 g/mol. The molecule has 2 aromatic rings. The summed E-state index contributed by atoms with van der Waals surface area (Å²) >= 11 is 0. The fourth-order valence-corrected chi connectivity index (χ4v) is 1.43. The number of ether oxygens (including phenoxy) is 1. The van der Waals surface area contributed by atoms with Gasteiger partial charge < -0.3 is 4.74 Å². The molecule has 90 valence electrons. The monoisotopic (exact) mass is 243 g/mol. The highest BCUT2D eigenvalue weighted by Crippen LogP contribution is 2.21. The molecule has 0 N–H and O–H groups in total. The molecule has 18 heavy (non-hydrogen) atoms. The molecule has 0 amide bonds. The zero-order chi connectivity index (χ0) is 13.1. The molecule has 1 heterocycles. The van der Waals surface area contributed by atoms with Crippen LogP contribution in [0.5, 0.6) is 11.8 Å². The number of aromatic nitrogens is 2. The van der Waals surface area contributed by atoms with Gasteiger partial charge in [-0.1, -0.05) is 0 Å². The zero-order valence-electron chi connectivity index (χ0n) is 9.94. The molecular formula is C13H10FN3O. The fourth-order valence-electron chi connectivity index (χ4n) is 1.43. The Morgan fingerprint density at radius 1 is 1.22 bits per heavy atom. The maximum atomic E-state index is 13.1. The first-order valence-electron chi connectivity index (χ1n) is 5.28. The van der Waals surface area contributed by atoms with Crippen LogP contribution in [0.3, 0.4) is 0 Å². The van der Waals surface area contributed by atoms with Crippen LogP contribution in [0.25, 0.3) is 0 Å². The molecule has 0 spiro atoms. The normalized spacial score (nSPS) is 9.89. The van der Waals surface area contributed by atoms with Crippen LogP contribution in [0.4, 0.5) is 4.39 Å². The first-order chi connectivity index (χ1) is 8.58. The lowest BCUT2D eigenvalue weighted by atomic mass is 10.2. The van der Waals surface area contributed by atoms with Gasteiger partial charge in [-0.05, 0) is 43.7 Å². The van der Waals surface area contributed by atoms with Crippen molar-refractivity contribution < 1.29 is 9.13 Å². The summed E-state index contributed by atoms with van der Waals surface area (Å²) in [4.78, 5) is 7.96. The van der Waals surface area contributed by atoms with Crippen molar-refractivity contribution in [2.75, 3.05) is 0 Å². The second-order valence-corrected chi connectivity index (χ2v) is 3.80. The smallest absolute Gasteiger partial charge is 0.323 e. The van der Waals surface area contributed by atoms with E-state index >= 15 is 0 Å². The van der Waals surface area contributed by atoms with Gasteiger partial charge in [0.2, 0.25) is 0 Å². The van der Waals surface area contributed by atoms with Crippen molar-refractivity contribution >= 4 is 0 Å². The number of hydrogen-bond donors (Lipinski definition) is 0. The standard InChI is InChI=1S/C13H10FN3O/c1-8-5-11(3-4-12(8)14)18-13-16-9(2)6-10(7-15)17-13/h3-6H,1-2H3. The zero-order valence-corrected chi connectivity index (χ0v) is 9.94. The minimum atomic E-state index is -0.301. The number of hydrogen-bond acceptors (Lipinski definition) is 4. The molecule has 0 aliphatic rings. The minimum Gasteiger partial charge on any atom is -0.424 e. The van der Waals surface area contributed by atoms with Gasteiger partial charge in [0, 0.05) is 5.69 Å². The first-order valence-corrected chi connectivity index (χ1v) is 5.28. The molecule has 0 fully saturated rings. The van der Waals surface area contributed by atoms with E-state index in [1.807, 2.05) is 6.07 Å². The van der Waals surface area contributed by atoms with Crippen LogP contribution in [0.2, 0.25) is 0 Å². The van der Waals surface area contributed by atoms with Gasteiger partial charge in [-0.15, -0.1) is 0 Å². The molecule has 4 nitrogen and oxygen atoms in total. The van der Waals surface area contributed by atoms with Crippen LogP contribution in [-0.2, 0) is 0 Å². The molecule has 2 rings (SSSR count). The van der Waals surface area contributed by atoms with Crippen LogP contribution in [0.15, 0.2) is 24.3 Å². The Morgan fingerprint density at radius 3 is 2.67 bits per heavy atom. The van der Waals surface area contributed by atoms with Gasteiger partial charge in [-0.2, -0.15) is 10.2 Å². The van der Waals surface area contributed by atoms with Crippen LogP contribution in [-0.4, -0.2) is 9.97 Å². The lowest BCUT2D eigenvalue weighted by Crippen LogP contribution is -1.96. The van der Waals surface area contributed by atoms with Gasteiger partial charge in [0.1, 0.15) is 23.3 Å². The van der Waals surface area contributed by atoms with Crippen molar-refractivity contribution in [3.8, 4) is 17.8 Å². The van der Waals surface area contributed by atoms with Crippen LogP contribution in [0.1, 0.15) is 17.0 Å². The summed E-state index contributed by atoms with van der Waals surface area (Å²) in [6, 6.07) is 7.91. The Morgan fingerprint density at radius 2 is 2.00 bits per heavy atom. The highest BCUT2D eigenvalue weighted by atomic mass is 19.1. The molecule has 0 unspecified atom stereocenters. The lowest BCUT2D eigenvalue weighted by Gasteiger charge is -2.05. The third-order valence-electron chi connectivity index (χ3n) is 2.29. The topological polar surface area (TPSA) is 58.8 Å². The Bertz CT molecular complexity index is 635. The van der Waals surface area contributed by atoms with Gasteiger partial charge in [-0.3, -0.25) is 0 Å². The van der Waals surface area contributed by atoms with Gasteiger partial charge in [0.25, 0.3) is 0 Å². The summed E-state index contributed by atoms with van der Waals surface area (Å²) in [7, 11) is 0. The van der Waals surface area contributed by atoms with Crippen molar-refractivity contribution in [2.24, 2.45) is 0 Å². The summed E-state index contributed by atoms with van der Waals surface area (Å²) in [6.45, 7) is 3.38. The van der Waals surface area contributed by atoms with Gasteiger partial charge in [0.15, 0.2) is 0 Å². The van der Waals surface area contributed by atoms with Crippen LogP contribution in [0, 0.1) is 31.0 Å². The average Bonchev–Trinajstić information content (AvgIpc) is 2.33. The van der Waals surface area contributed by atoms with Gasteiger partial charge in [0.05, 0.1) is 0 Å². The summed E-state index contributed by atoms with van der Waals surface area (Å²) < 4.78 is 18.5. The van der Waals surface area contributed by atoms with Crippen molar-refractivity contribution in [2.45, 2.75) is 13.8 Å². The molecule has 5 heteroatoms. The SMILES string of the molecule is Cc1cc(C#N)nc(Oc2ccc(F)c(C)c2)n1. The number of rotatable bonds is 2. The number of aryl methyl sites for hydroxylation is 2. The Balaban J connectivity index is 2.31. The number of nitriles is 1. The number of halogens is 1. The minimum absolute atomic E-state index is 0.0811. The van der Waals surface area contributed by atoms with Crippen molar-refractivity contribution in [3.05, 3.63) is 47.0 Å². The third-order valence-corrected chi connectivity index (χ3v) is 2.29. The molecule has 0 radical (unpaired) electrons. The van der Waals surface area contributed by atoms with E-state index in [4.69, 9.17) is 10.00 Å². The van der Waals surface area contributed by atoms with E-state index in [9.17, 15) is 4.39 Å². The summed E-state index contributed by atoms with van der Waals surface area (Å²) in [5.41, 5.74) is 1.34. The molecule has 0 aliphatic carbocycles.